The number of halogens is 2. The van der Waals surface area contributed by atoms with Crippen LogP contribution in [0.25, 0.3) is 0 Å². The molecular formula is C11H10F2O. The predicted molar refractivity (Wildman–Crippen MR) is 49.5 cm³/mol. The van der Waals surface area contributed by atoms with Crippen molar-refractivity contribution >= 4 is 0 Å². The van der Waals surface area contributed by atoms with E-state index in [0.29, 0.717) is 0 Å². The molecule has 0 aliphatic heterocycles. The van der Waals surface area contributed by atoms with Gasteiger partial charge in [0.25, 0.3) is 0 Å². The third kappa shape index (κ3) is 2.09. The van der Waals surface area contributed by atoms with Crippen LogP contribution in [0.5, 0.6) is 0 Å². The molecule has 14 heavy (non-hydrogen) atoms. The molecule has 0 radical (unpaired) electrons. The van der Waals surface area contributed by atoms with E-state index < -0.39 is 17.7 Å². The van der Waals surface area contributed by atoms with E-state index in [9.17, 15) is 13.9 Å². The average molecular weight is 196 g/mol. The Kier molecular flexibility index (Phi) is 3.21. The van der Waals surface area contributed by atoms with Gasteiger partial charge in [0.05, 0.1) is 6.10 Å². The Morgan fingerprint density at radius 2 is 2.07 bits per heavy atom. The van der Waals surface area contributed by atoms with Crippen molar-refractivity contribution < 1.29 is 13.9 Å². The molecule has 1 aromatic rings. The first-order valence-electron chi connectivity index (χ1n) is 4.13. The summed E-state index contributed by atoms with van der Waals surface area (Å²) in [4.78, 5) is 0. The lowest BCUT2D eigenvalue weighted by atomic mass is 10.0. The quantitative estimate of drug-likeness (QED) is 0.720. The Labute approximate surface area is 81.4 Å². The minimum Gasteiger partial charge on any atom is -0.387 e. The summed E-state index contributed by atoms with van der Waals surface area (Å²) in [7, 11) is 0. The molecule has 0 aliphatic rings. The van der Waals surface area contributed by atoms with Gasteiger partial charge in [-0.2, -0.15) is 0 Å². The highest BCUT2D eigenvalue weighted by Gasteiger charge is 2.14. The number of benzene rings is 1. The molecule has 0 saturated carbocycles. The molecule has 1 aromatic carbocycles. The van der Waals surface area contributed by atoms with Crippen LogP contribution in [0.3, 0.4) is 0 Å². The van der Waals surface area contributed by atoms with Crippen LogP contribution in [-0.2, 0) is 0 Å². The van der Waals surface area contributed by atoms with Gasteiger partial charge in [-0.25, -0.2) is 8.78 Å². The summed E-state index contributed by atoms with van der Waals surface area (Å²) < 4.78 is 26.0. The summed E-state index contributed by atoms with van der Waals surface area (Å²) in [6, 6.07) is 2.02. The van der Waals surface area contributed by atoms with Gasteiger partial charge in [-0.05, 0) is 18.6 Å². The van der Waals surface area contributed by atoms with Crippen LogP contribution in [-0.4, -0.2) is 5.11 Å². The lowest BCUT2D eigenvalue weighted by molar-refractivity contribution is 0.179. The Morgan fingerprint density at radius 3 is 2.64 bits per heavy atom. The number of aryl methyl sites for hydroxylation is 1. The van der Waals surface area contributed by atoms with E-state index in [1.807, 2.05) is 0 Å². The molecule has 1 N–H and O–H groups in total. The molecule has 0 fully saturated rings. The Hall–Kier alpha value is -1.40. The zero-order chi connectivity index (χ0) is 10.7. The molecule has 1 rings (SSSR count). The maximum absolute atomic E-state index is 13.1. The first kappa shape index (κ1) is 10.7. The number of hydrogen-bond donors (Lipinski definition) is 1. The topological polar surface area (TPSA) is 20.2 Å². The fourth-order valence-corrected chi connectivity index (χ4v) is 1.16. The number of terminal acetylenes is 1. The highest BCUT2D eigenvalue weighted by atomic mass is 19.1. The summed E-state index contributed by atoms with van der Waals surface area (Å²) in [5.74, 6) is 0.823. The zero-order valence-corrected chi connectivity index (χ0v) is 7.72. The standard InChI is InChI=1S/C11H10F2O/c1-3-4-11(14)8-5-7(2)9(12)6-10(8)13/h1,5-6,11,14H,4H2,2H3. The van der Waals surface area contributed by atoms with Crippen LogP contribution in [0.4, 0.5) is 8.78 Å². The molecule has 0 heterocycles. The van der Waals surface area contributed by atoms with Gasteiger partial charge in [-0.3, -0.25) is 0 Å². The van der Waals surface area contributed by atoms with Crippen molar-refractivity contribution in [3.05, 3.63) is 34.9 Å². The van der Waals surface area contributed by atoms with Crippen molar-refractivity contribution in [1.82, 2.24) is 0 Å². The second kappa shape index (κ2) is 4.21. The predicted octanol–water partition coefficient (Wildman–Crippen LogP) is 2.33. The van der Waals surface area contributed by atoms with E-state index in [2.05, 4.69) is 5.92 Å². The van der Waals surface area contributed by atoms with E-state index in [0.717, 1.165) is 6.07 Å². The van der Waals surface area contributed by atoms with Crippen LogP contribution >= 0.6 is 0 Å². The molecule has 3 heteroatoms. The van der Waals surface area contributed by atoms with Crippen LogP contribution in [0.15, 0.2) is 12.1 Å². The van der Waals surface area contributed by atoms with Gasteiger partial charge in [0.2, 0.25) is 0 Å². The van der Waals surface area contributed by atoms with Crippen LogP contribution in [0.2, 0.25) is 0 Å². The Bertz CT molecular complexity index is 380. The largest absolute Gasteiger partial charge is 0.387 e. The molecule has 74 valence electrons. The van der Waals surface area contributed by atoms with Gasteiger partial charge in [0.1, 0.15) is 11.6 Å². The SMILES string of the molecule is C#CCC(O)c1cc(C)c(F)cc1F. The first-order valence-corrected chi connectivity index (χ1v) is 4.13. The average Bonchev–Trinajstić information content (AvgIpc) is 2.11. The molecule has 0 bridgehead atoms. The van der Waals surface area contributed by atoms with E-state index in [1.165, 1.54) is 13.0 Å². The first-order chi connectivity index (χ1) is 6.56. The van der Waals surface area contributed by atoms with Gasteiger partial charge in [-0.1, -0.05) is 0 Å². The van der Waals surface area contributed by atoms with Crippen molar-refractivity contribution in [3.8, 4) is 12.3 Å². The summed E-state index contributed by atoms with van der Waals surface area (Å²) in [6.07, 6.45) is 3.92. The second-order valence-electron chi connectivity index (χ2n) is 3.05. The maximum atomic E-state index is 13.1. The lowest BCUT2D eigenvalue weighted by Gasteiger charge is -2.10. The van der Waals surface area contributed by atoms with Crippen LogP contribution < -0.4 is 0 Å². The molecule has 0 saturated heterocycles. The van der Waals surface area contributed by atoms with Gasteiger partial charge in [0.15, 0.2) is 0 Å². The van der Waals surface area contributed by atoms with Gasteiger partial charge >= 0.3 is 0 Å². The van der Waals surface area contributed by atoms with Crippen molar-refractivity contribution in [1.29, 1.82) is 0 Å². The third-order valence-electron chi connectivity index (χ3n) is 1.95. The molecule has 1 unspecified atom stereocenters. The molecule has 0 amide bonds. The van der Waals surface area contributed by atoms with Crippen molar-refractivity contribution in [2.75, 3.05) is 0 Å². The molecule has 0 spiro atoms. The van der Waals surface area contributed by atoms with E-state index in [-0.39, 0.29) is 17.5 Å². The Morgan fingerprint density at radius 1 is 1.43 bits per heavy atom. The zero-order valence-electron chi connectivity index (χ0n) is 7.72. The minimum absolute atomic E-state index is 0.0159. The van der Waals surface area contributed by atoms with Crippen LogP contribution in [0.1, 0.15) is 23.7 Å². The normalized spacial score (nSPS) is 12.2. The minimum atomic E-state index is -1.07. The summed E-state index contributed by atoms with van der Waals surface area (Å²) >= 11 is 0. The van der Waals surface area contributed by atoms with Crippen LogP contribution in [0, 0.1) is 30.9 Å². The van der Waals surface area contributed by atoms with Gasteiger partial charge in [0, 0.05) is 18.1 Å². The van der Waals surface area contributed by atoms with Crippen molar-refractivity contribution in [2.24, 2.45) is 0 Å². The molecule has 1 nitrogen and oxygen atoms in total. The summed E-state index contributed by atoms with van der Waals surface area (Å²) in [5, 5.41) is 9.41. The fraction of sp³-hybridized carbons (Fsp3) is 0.273. The van der Waals surface area contributed by atoms with E-state index in [4.69, 9.17) is 6.42 Å². The number of hydrogen-bond acceptors (Lipinski definition) is 1. The number of aliphatic hydroxyl groups excluding tert-OH is 1. The van der Waals surface area contributed by atoms with Gasteiger partial charge in [-0.15, -0.1) is 12.3 Å². The Balaban J connectivity index is 3.10. The summed E-state index contributed by atoms with van der Waals surface area (Å²) in [6.45, 7) is 1.50. The smallest absolute Gasteiger partial charge is 0.131 e. The number of aliphatic hydroxyl groups is 1. The van der Waals surface area contributed by atoms with E-state index >= 15 is 0 Å². The number of rotatable bonds is 2. The lowest BCUT2D eigenvalue weighted by Crippen LogP contribution is -2.01. The highest BCUT2D eigenvalue weighted by Crippen LogP contribution is 2.22. The molecular weight excluding hydrogens is 186 g/mol. The fourth-order valence-electron chi connectivity index (χ4n) is 1.16. The monoisotopic (exact) mass is 196 g/mol. The highest BCUT2D eigenvalue weighted by molar-refractivity contribution is 5.27. The molecule has 0 aliphatic carbocycles. The molecule has 0 aromatic heterocycles. The van der Waals surface area contributed by atoms with Gasteiger partial charge < -0.3 is 5.11 Å². The van der Waals surface area contributed by atoms with Crippen molar-refractivity contribution in [3.63, 3.8) is 0 Å². The second-order valence-corrected chi connectivity index (χ2v) is 3.05. The third-order valence-corrected chi connectivity index (χ3v) is 1.95. The maximum Gasteiger partial charge on any atom is 0.131 e. The molecule has 1 atom stereocenters. The van der Waals surface area contributed by atoms with E-state index in [1.54, 1.807) is 0 Å². The van der Waals surface area contributed by atoms with Crippen molar-refractivity contribution in [2.45, 2.75) is 19.4 Å². The summed E-state index contributed by atoms with van der Waals surface area (Å²) in [5.41, 5.74) is 0.333.